The maximum absolute atomic E-state index is 12.6. The number of hydrogen-bond acceptors (Lipinski definition) is 3. The minimum absolute atomic E-state index is 0.162. The fourth-order valence-corrected chi connectivity index (χ4v) is 3.11. The Balaban J connectivity index is 2.01. The highest BCUT2D eigenvalue weighted by Gasteiger charge is 2.16. The molecule has 0 bridgehead atoms. The van der Waals surface area contributed by atoms with Crippen LogP contribution in [0, 0.1) is 12.8 Å². The number of ether oxygens (including phenoxy) is 1. The first-order valence-corrected chi connectivity index (χ1v) is 9.89. The van der Waals surface area contributed by atoms with Crippen LogP contribution in [-0.2, 0) is 4.79 Å². The molecule has 150 valence electrons. The van der Waals surface area contributed by atoms with Gasteiger partial charge in [-0.15, -0.1) is 0 Å². The minimum Gasteiger partial charge on any atom is -0.515 e. The molecule has 0 aliphatic rings. The second-order valence-electron chi connectivity index (χ2n) is 7.38. The van der Waals surface area contributed by atoms with E-state index in [0.29, 0.717) is 18.1 Å². The van der Waals surface area contributed by atoms with Crippen LogP contribution in [0.3, 0.4) is 0 Å². The van der Waals surface area contributed by atoms with Crippen molar-refractivity contribution < 1.29 is 14.6 Å². The Kier molecular flexibility index (Phi) is 8.12. The van der Waals surface area contributed by atoms with Crippen molar-refractivity contribution in [1.82, 2.24) is 5.32 Å². The van der Waals surface area contributed by atoms with Crippen LogP contribution in [0.4, 0.5) is 0 Å². The Hall–Kier alpha value is -2.75. The van der Waals surface area contributed by atoms with Crippen LogP contribution in [-0.4, -0.2) is 17.6 Å². The lowest BCUT2D eigenvalue weighted by atomic mass is 10.0. The van der Waals surface area contributed by atoms with Gasteiger partial charge in [-0.3, -0.25) is 4.79 Å². The summed E-state index contributed by atoms with van der Waals surface area (Å²) < 4.78 is 5.80. The maximum Gasteiger partial charge on any atom is 0.255 e. The summed E-state index contributed by atoms with van der Waals surface area (Å²) in [6.07, 6.45) is 3.14. The zero-order chi connectivity index (χ0) is 20.5. The lowest BCUT2D eigenvalue weighted by Crippen LogP contribution is -2.27. The molecule has 0 fully saturated rings. The monoisotopic (exact) mass is 381 g/mol. The second-order valence-corrected chi connectivity index (χ2v) is 7.38. The van der Waals surface area contributed by atoms with Gasteiger partial charge in [0.1, 0.15) is 5.75 Å². The molecular weight excluding hydrogens is 350 g/mol. The summed E-state index contributed by atoms with van der Waals surface area (Å²) in [6, 6.07) is 15.1. The molecule has 2 aromatic rings. The van der Waals surface area contributed by atoms with Crippen molar-refractivity contribution in [3.8, 4) is 5.75 Å². The molecule has 1 amide bonds. The van der Waals surface area contributed by atoms with Crippen molar-refractivity contribution in [3.63, 3.8) is 0 Å². The van der Waals surface area contributed by atoms with Crippen LogP contribution >= 0.6 is 0 Å². The summed E-state index contributed by atoms with van der Waals surface area (Å²) >= 11 is 0. The molecular formula is C24H31NO3. The summed E-state index contributed by atoms with van der Waals surface area (Å²) in [7, 11) is 0. The SMILES string of the molecule is CCCC(C)COc1ccc(C(=CO)C(=O)NC(C)c2cccc(C)c2)cc1. The predicted octanol–water partition coefficient (Wildman–Crippen LogP) is 5.59. The maximum atomic E-state index is 12.6. The summed E-state index contributed by atoms with van der Waals surface area (Å²) in [5.74, 6) is 0.950. The number of amides is 1. The van der Waals surface area contributed by atoms with Gasteiger partial charge in [-0.2, -0.15) is 0 Å². The molecule has 0 spiro atoms. The Labute approximate surface area is 168 Å². The molecule has 28 heavy (non-hydrogen) atoms. The number of hydrogen-bond donors (Lipinski definition) is 2. The molecule has 2 N–H and O–H groups in total. The lowest BCUT2D eigenvalue weighted by Gasteiger charge is -2.16. The van der Waals surface area contributed by atoms with E-state index in [1.807, 2.05) is 50.2 Å². The average molecular weight is 382 g/mol. The van der Waals surface area contributed by atoms with Gasteiger partial charge in [0, 0.05) is 0 Å². The zero-order valence-corrected chi connectivity index (χ0v) is 17.2. The van der Waals surface area contributed by atoms with Gasteiger partial charge in [-0.25, -0.2) is 0 Å². The Morgan fingerprint density at radius 1 is 1.18 bits per heavy atom. The van der Waals surface area contributed by atoms with Crippen molar-refractivity contribution in [1.29, 1.82) is 0 Å². The summed E-state index contributed by atoms with van der Waals surface area (Å²) in [4.78, 5) is 12.6. The Morgan fingerprint density at radius 3 is 2.50 bits per heavy atom. The lowest BCUT2D eigenvalue weighted by molar-refractivity contribution is -0.116. The Morgan fingerprint density at radius 2 is 1.89 bits per heavy atom. The highest BCUT2D eigenvalue weighted by molar-refractivity contribution is 6.19. The van der Waals surface area contributed by atoms with Crippen molar-refractivity contribution >= 4 is 11.5 Å². The van der Waals surface area contributed by atoms with Crippen LogP contribution in [0.15, 0.2) is 54.8 Å². The smallest absolute Gasteiger partial charge is 0.255 e. The van der Waals surface area contributed by atoms with E-state index in [0.717, 1.165) is 36.0 Å². The molecule has 4 nitrogen and oxygen atoms in total. The minimum atomic E-state index is -0.318. The summed E-state index contributed by atoms with van der Waals surface area (Å²) in [6.45, 7) is 8.95. The quantitative estimate of drug-likeness (QED) is 0.440. The number of benzene rings is 2. The third-order valence-corrected chi connectivity index (χ3v) is 4.74. The number of aryl methyl sites for hydroxylation is 1. The molecule has 2 atom stereocenters. The molecule has 0 heterocycles. The van der Waals surface area contributed by atoms with Crippen molar-refractivity contribution in [2.24, 2.45) is 5.92 Å². The molecule has 2 unspecified atom stereocenters. The third kappa shape index (κ3) is 6.15. The highest BCUT2D eigenvalue weighted by Crippen LogP contribution is 2.21. The number of aliphatic hydroxyl groups is 1. The zero-order valence-electron chi connectivity index (χ0n) is 17.2. The van der Waals surface area contributed by atoms with Gasteiger partial charge in [-0.05, 0) is 49.4 Å². The van der Waals surface area contributed by atoms with Crippen LogP contribution < -0.4 is 10.1 Å². The number of aliphatic hydroxyl groups excluding tert-OH is 1. The van der Waals surface area contributed by atoms with Gasteiger partial charge in [0.05, 0.1) is 24.5 Å². The molecule has 0 saturated heterocycles. The largest absolute Gasteiger partial charge is 0.515 e. The van der Waals surface area contributed by atoms with Gasteiger partial charge >= 0.3 is 0 Å². The molecule has 0 radical (unpaired) electrons. The fraction of sp³-hybridized carbons (Fsp3) is 0.375. The van der Waals surface area contributed by atoms with E-state index >= 15 is 0 Å². The molecule has 0 aromatic heterocycles. The molecule has 4 heteroatoms. The van der Waals surface area contributed by atoms with Crippen LogP contribution in [0.5, 0.6) is 5.75 Å². The summed E-state index contributed by atoms with van der Waals surface area (Å²) in [5.41, 5.74) is 3.03. The molecule has 2 rings (SSSR count). The first kappa shape index (κ1) is 21.5. The third-order valence-electron chi connectivity index (χ3n) is 4.74. The van der Waals surface area contributed by atoms with Crippen molar-refractivity contribution in [2.75, 3.05) is 6.61 Å². The second kappa shape index (κ2) is 10.5. The van der Waals surface area contributed by atoms with E-state index in [-0.39, 0.29) is 17.5 Å². The predicted molar refractivity (Wildman–Crippen MR) is 114 cm³/mol. The van der Waals surface area contributed by atoms with Crippen LogP contribution in [0.25, 0.3) is 5.57 Å². The fourth-order valence-electron chi connectivity index (χ4n) is 3.11. The van der Waals surface area contributed by atoms with E-state index in [4.69, 9.17) is 4.74 Å². The van der Waals surface area contributed by atoms with E-state index in [1.165, 1.54) is 0 Å². The summed E-state index contributed by atoms with van der Waals surface area (Å²) in [5, 5.41) is 12.6. The van der Waals surface area contributed by atoms with Crippen molar-refractivity contribution in [2.45, 2.75) is 46.6 Å². The normalized spacial score (nSPS) is 13.6. The van der Waals surface area contributed by atoms with Crippen molar-refractivity contribution in [3.05, 3.63) is 71.5 Å². The number of carbonyl (C=O) groups excluding carboxylic acids is 1. The molecule has 0 saturated carbocycles. The first-order chi connectivity index (χ1) is 13.4. The number of rotatable bonds is 9. The standard InChI is InChI=1S/C24H31NO3/c1-5-7-18(3)16-28-22-12-10-20(11-13-22)23(15-26)24(27)25-19(4)21-9-6-8-17(2)14-21/h6,8-15,18-19,26H,5,7,16H2,1-4H3,(H,25,27). The van der Waals surface area contributed by atoms with Gasteiger partial charge in [0.25, 0.3) is 5.91 Å². The Bertz CT molecular complexity index is 796. The van der Waals surface area contributed by atoms with E-state index in [2.05, 4.69) is 19.2 Å². The van der Waals surface area contributed by atoms with Gasteiger partial charge in [-0.1, -0.05) is 62.2 Å². The topological polar surface area (TPSA) is 58.6 Å². The number of carbonyl (C=O) groups is 1. The average Bonchev–Trinajstić information content (AvgIpc) is 2.68. The highest BCUT2D eigenvalue weighted by atomic mass is 16.5. The number of nitrogens with one attached hydrogen (secondary N) is 1. The van der Waals surface area contributed by atoms with E-state index in [9.17, 15) is 9.90 Å². The van der Waals surface area contributed by atoms with E-state index < -0.39 is 0 Å². The van der Waals surface area contributed by atoms with Gasteiger partial charge in [0.2, 0.25) is 0 Å². The van der Waals surface area contributed by atoms with E-state index in [1.54, 1.807) is 12.1 Å². The van der Waals surface area contributed by atoms with Gasteiger partial charge < -0.3 is 15.2 Å². The van der Waals surface area contributed by atoms with Gasteiger partial charge in [0.15, 0.2) is 0 Å². The molecule has 0 aliphatic heterocycles. The molecule has 2 aromatic carbocycles. The first-order valence-electron chi connectivity index (χ1n) is 9.89. The van der Waals surface area contributed by atoms with Crippen LogP contribution in [0.1, 0.15) is 56.3 Å². The molecule has 0 aliphatic carbocycles. The van der Waals surface area contributed by atoms with Crippen LogP contribution in [0.2, 0.25) is 0 Å².